The summed E-state index contributed by atoms with van der Waals surface area (Å²) < 4.78 is 60.3. The molecule has 2 rings (SSSR count). The number of carbonyl (C=O) groups is 1. The first kappa shape index (κ1) is 21.9. The summed E-state index contributed by atoms with van der Waals surface area (Å²) >= 11 is 0. The van der Waals surface area contributed by atoms with E-state index in [1.807, 2.05) is 0 Å². The fourth-order valence-corrected chi connectivity index (χ4v) is 3.00. The third-order valence-electron chi connectivity index (χ3n) is 4.35. The summed E-state index contributed by atoms with van der Waals surface area (Å²) in [5.41, 5.74) is 0.358. The fourth-order valence-electron chi connectivity index (χ4n) is 2.49. The Morgan fingerprint density at radius 2 is 1.64 bits per heavy atom. The number of primary sulfonamides is 1. The quantitative estimate of drug-likeness (QED) is 0.665. The largest absolute Gasteiger partial charge is 0.416 e. The minimum atomic E-state index is -4.39. The highest BCUT2D eigenvalue weighted by atomic mass is 32.2. The summed E-state index contributed by atoms with van der Waals surface area (Å²) in [6.45, 7) is 2.05. The molecule has 0 aliphatic rings. The number of carbonyl (C=O) groups excluding carboxylic acids is 1. The summed E-state index contributed by atoms with van der Waals surface area (Å²) in [7, 11) is -2.06. The summed E-state index contributed by atoms with van der Waals surface area (Å²) in [5, 5.41) is 7.69. The molecule has 6 nitrogen and oxygen atoms in total. The van der Waals surface area contributed by atoms with Gasteiger partial charge in [-0.3, -0.25) is 4.79 Å². The molecule has 0 heterocycles. The highest BCUT2D eigenvalue weighted by Crippen LogP contribution is 2.28. The number of quaternary nitrogens is 1. The van der Waals surface area contributed by atoms with E-state index in [0.29, 0.717) is 17.8 Å². The molecule has 2 aromatic carbocycles. The van der Waals surface area contributed by atoms with Crippen LogP contribution in [-0.2, 0) is 27.5 Å². The van der Waals surface area contributed by atoms with Gasteiger partial charge >= 0.3 is 6.18 Å². The lowest BCUT2D eigenvalue weighted by Crippen LogP contribution is -3.12. The zero-order valence-corrected chi connectivity index (χ0v) is 16.1. The van der Waals surface area contributed by atoms with Gasteiger partial charge in [0.15, 0.2) is 6.04 Å². The van der Waals surface area contributed by atoms with Crippen LogP contribution in [0.1, 0.15) is 18.1 Å². The zero-order valence-electron chi connectivity index (χ0n) is 15.2. The lowest BCUT2D eigenvalue weighted by atomic mass is 10.1. The summed E-state index contributed by atoms with van der Waals surface area (Å²) in [5.74, 6) is -0.312. The summed E-state index contributed by atoms with van der Waals surface area (Å²) in [4.78, 5) is 13.1. The molecule has 0 aliphatic heterocycles. The number of benzene rings is 2. The second-order valence-corrected chi connectivity index (χ2v) is 8.06. The van der Waals surface area contributed by atoms with E-state index < -0.39 is 27.8 Å². The van der Waals surface area contributed by atoms with Gasteiger partial charge in [0.05, 0.1) is 17.5 Å². The Kier molecular flexibility index (Phi) is 6.48. The summed E-state index contributed by atoms with van der Waals surface area (Å²) in [6.07, 6.45) is -4.39. The van der Waals surface area contributed by atoms with E-state index >= 15 is 0 Å². The Bertz CT molecular complexity index is 927. The van der Waals surface area contributed by atoms with Crippen molar-refractivity contribution in [2.75, 3.05) is 12.4 Å². The number of hydrogen-bond donors (Lipinski definition) is 3. The first-order valence-corrected chi connectivity index (χ1v) is 9.85. The van der Waals surface area contributed by atoms with Crippen molar-refractivity contribution in [3.63, 3.8) is 0 Å². The van der Waals surface area contributed by atoms with Gasteiger partial charge in [-0.15, -0.1) is 0 Å². The minimum absolute atomic E-state index is 0.0661. The fraction of sp³-hybridized carbons (Fsp3) is 0.278. The van der Waals surface area contributed by atoms with E-state index in [-0.39, 0.29) is 10.8 Å². The lowest BCUT2D eigenvalue weighted by molar-refractivity contribution is -0.907. The molecule has 28 heavy (non-hydrogen) atoms. The van der Waals surface area contributed by atoms with E-state index in [1.165, 1.54) is 36.4 Å². The van der Waals surface area contributed by atoms with Crippen LogP contribution >= 0.6 is 0 Å². The molecule has 0 aliphatic carbocycles. The molecule has 0 saturated heterocycles. The Morgan fingerprint density at radius 3 is 2.11 bits per heavy atom. The van der Waals surface area contributed by atoms with Gasteiger partial charge in [-0.1, -0.05) is 12.1 Å². The number of hydrogen-bond acceptors (Lipinski definition) is 3. The number of amides is 1. The van der Waals surface area contributed by atoms with E-state index in [1.54, 1.807) is 14.0 Å². The average molecular weight is 416 g/mol. The molecule has 0 spiro atoms. The van der Waals surface area contributed by atoms with Crippen LogP contribution in [0.3, 0.4) is 0 Å². The zero-order chi connectivity index (χ0) is 21.1. The van der Waals surface area contributed by atoms with Gasteiger partial charge < -0.3 is 10.2 Å². The van der Waals surface area contributed by atoms with Crippen molar-refractivity contribution >= 4 is 21.6 Å². The van der Waals surface area contributed by atoms with Crippen LogP contribution in [0, 0.1) is 0 Å². The molecule has 0 aromatic heterocycles. The third-order valence-corrected chi connectivity index (χ3v) is 5.28. The van der Waals surface area contributed by atoms with Gasteiger partial charge in [-0.2, -0.15) is 13.2 Å². The van der Waals surface area contributed by atoms with Crippen LogP contribution in [0.15, 0.2) is 53.4 Å². The van der Waals surface area contributed by atoms with E-state index in [4.69, 9.17) is 5.14 Å². The second-order valence-electron chi connectivity index (χ2n) is 6.50. The van der Waals surface area contributed by atoms with E-state index in [9.17, 15) is 26.4 Å². The molecule has 10 heteroatoms. The van der Waals surface area contributed by atoms with Crippen molar-refractivity contribution in [2.45, 2.75) is 30.6 Å². The number of nitrogens with two attached hydrogens (primary N) is 1. The maximum Gasteiger partial charge on any atom is 0.416 e. The maximum absolute atomic E-state index is 12.6. The topological polar surface area (TPSA) is 93.7 Å². The number of alkyl halides is 3. The molecule has 1 unspecified atom stereocenters. The second kappa shape index (κ2) is 8.29. The smallest absolute Gasteiger partial charge is 0.324 e. The van der Waals surface area contributed by atoms with Crippen LogP contribution < -0.4 is 15.4 Å². The van der Waals surface area contributed by atoms with E-state index in [2.05, 4.69) is 5.32 Å². The van der Waals surface area contributed by atoms with Crippen LogP contribution in [-0.4, -0.2) is 27.4 Å². The first-order valence-electron chi connectivity index (χ1n) is 8.30. The molecule has 152 valence electrons. The van der Waals surface area contributed by atoms with Crippen LogP contribution in [0.2, 0.25) is 0 Å². The molecule has 0 bridgehead atoms. The van der Waals surface area contributed by atoms with Gasteiger partial charge in [-0.25, -0.2) is 13.6 Å². The predicted octanol–water partition coefficient (Wildman–Crippen LogP) is 1.39. The van der Waals surface area contributed by atoms with Gasteiger partial charge in [0.1, 0.15) is 6.54 Å². The highest BCUT2D eigenvalue weighted by Gasteiger charge is 2.30. The van der Waals surface area contributed by atoms with Crippen molar-refractivity contribution in [1.82, 2.24) is 0 Å². The minimum Gasteiger partial charge on any atom is -0.324 e. The van der Waals surface area contributed by atoms with Crippen molar-refractivity contribution < 1.29 is 31.3 Å². The lowest BCUT2D eigenvalue weighted by Gasteiger charge is -2.21. The molecule has 2 aromatic rings. The van der Waals surface area contributed by atoms with Crippen LogP contribution in [0.5, 0.6) is 0 Å². The van der Waals surface area contributed by atoms with Gasteiger partial charge in [0.2, 0.25) is 10.0 Å². The molecule has 1 amide bonds. The maximum atomic E-state index is 12.6. The number of rotatable bonds is 6. The molecule has 0 fully saturated rings. The van der Waals surface area contributed by atoms with Crippen LogP contribution in [0.25, 0.3) is 0 Å². The van der Waals surface area contributed by atoms with Gasteiger partial charge in [0, 0.05) is 11.3 Å². The van der Waals surface area contributed by atoms with Gasteiger partial charge in [0.25, 0.3) is 5.91 Å². The number of likely N-dealkylation sites (N-methyl/N-ethyl adjacent to an activating group) is 1. The average Bonchev–Trinajstić information content (AvgIpc) is 2.60. The van der Waals surface area contributed by atoms with Crippen molar-refractivity contribution in [1.29, 1.82) is 0 Å². The Hall–Kier alpha value is -2.43. The number of sulfonamides is 1. The standard InChI is InChI=1S/C18H20F3N3O3S/c1-12(17(25)23-15-7-9-16(10-8-15)28(22,26)27)24(2)11-13-3-5-14(6-4-13)18(19,20)21/h3-10,12H,11H2,1-2H3,(H,23,25)(H2,22,26,27)/p+1/t12-/m0/s1. The first-order chi connectivity index (χ1) is 12.9. The molecule has 0 radical (unpaired) electrons. The molecule has 4 N–H and O–H groups in total. The van der Waals surface area contributed by atoms with Crippen molar-refractivity contribution in [2.24, 2.45) is 5.14 Å². The predicted molar refractivity (Wildman–Crippen MR) is 97.9 cm³/mol. The molecule has 0 saturated carbocycles. The molecular weight excluding hydrogens is 395 g/mol. The monoisotopic (exact) mass is 416 g/mol. The Morgan fingerprint density at radius 1 is 1.11 bits per heavy atom. The highest BCUT2D eigenvalue weighted by molar-refractivity contribution is 7.89. The normalized spacial score (nSPS) is 14.4. The van der Waals surface area contributed by atoms with Gasteiger partial charge in [-0.05, 0) is 43.3 Å². The summed E-state index contributed by atoms with van der Waals surface area (Å²) in [6, 6.07) is 9.74. The number of anilines is 1. The van der Waals surface area contributed by atoms with Crippen molar-refractivity contribution in [3.8, 4) is 0 Å². The Labute approximate surface area is 161 Å². The molecular formula is C18H21F3N3O3S+. The van der Waals surface area contributed by atoms with E-state index in [0.717, 1.165) is 17.0 Å². The molecule has 2 atom stereocenters. The number of nitrogens with one attached hydrogen (secondary N) is 2. The third kappa shape index (κ3) is 5.78. The van der Waals surface area contributed by atoms with Crippen molar-refractivity contribution in [3.05, 3.63) is 59.7 Å². The SMILES string of the molecule is C[C@@H](C(=O)Nc1ccc(S(N)(=O)=O)cc1)[NH+](C)Cc1ccc(C(F)(F)F)cc1. The number of halogens is 3. The van der Waals surface area contributed by atoms with Crippen LogP contribution in [0.4, 0.5) is 18.9 Å². The Balaban J connectivity index is 1.98.